The largest absolute Gasteiger partial charge is 0.484 e. The summed E-state index contributed by atoms with van der Waals surface area (Å²) in [6, 6.07) is 14.4. The minimum atomic E-state index is -0.450. The second-order valence-electron chi connectivity index (χ2n) is 6.08. The number of furan rings is 1. The summed E-state index contributed by atoms with van der Waals surface area (Å²) in [5.41, 5.74) is 1.23. The number of hydrogen-bond donors (Lipinski definition) is 1. The van der Waals surface area contributed by atoms with E-state index < -0.39 is 11.7 Å². The molecule has 0 saturated heterocycles. The minimum absolute atomic E-state index is 0.0431. The number of pyridine rings is 1. The van der Waals surface area contributed by atoms with E-state index in [9.17, 15) is 9.18 Å². The number of anilines is 1. The zero-order valence-corrected chi connectivity index (χ0v) is 17.1. The Kier molecular flexibility index (Phi) is 5.51. The summed E-state index contributed by atoms with van der Waals surface area (Å²) < 4.78 is 25.1. The van der Waals surface area contributed by atoms with Gasteiger partial charge in [0.25, 0.3) is 5.91 Å². The number of nitrogens with one attached hydrogen (secondary N) is 1. The van der Waals surface area contributed by atoms with Crippen molar-refractivity contribution in [3.63, 3.8) is 0 Å². The number of ether oxygens (including phenoxy) is 1. The van der Waals surface area contributed by atoms with Crippen LogP contribution >= 0.6 is 27.5 Å². The summed E-state index contributed by atoms with van der Waals surface area (Å²) in [5, 5.41) is 3.85. The molecule has 2 aromatic heterocycles. The normalized spacial score (nSPS) is 10.9. The van der Waals surface area contributed by atoms with E-state index in [0.717, 1.165) is 15.9 Å². The molecule has 0 spiro atoms. The van der Waals surface area contributed by atoms with E-state index in [1.54, 1.807) is 24.4 Å². The predicted molar refractivity (Wildman–Crippen MR) is 112 cm³/mol. The highest BCUT2D eigenvalue weighted by molar-refractivity contribution is 9.10. The Labute approximate surface area is 178 Å². The van der Waals surface area contributed by atoms with Crippen LogP contribution in [0.1, 0.15) is 16.3 Å². The van der Waals surface area contributed by atoms with E-state index in [0.29, 0.717) is 22.7 Å². The lowest BCUT2D eigenvalue weighted by Gasteiger charge is -2.08. The molecule has 4 rings (SSSR count). The van der Waals surface area contributed by atoms with Crippen molar-refractivity contribution >= 4 is 50.0 Å². The Hall–Kier alpha value is -2.90. The van der Waals surface area contributed by atoms with Crippen LogP contribution in [0.15, 0.2) is 69.7 Å². The van der Waals surface area contributed by atoms with Gasteiger partial charge in [-0.1, -0.05) is 33.6 Å². The van der Waals surface area contributed by atoms with E-state index in [1.807, 2.05) is 18.2 Å². The third-order valence-corrected chi connectivity index (χ3v) is 5.10. The smallest absolute Gasteiger partial charge is 0.291 e. The van der Waals surface area contributed by atoms with E-state index in [1.165, 1.54) is 12.1 Å². The van der Waals surface area contributed by atoms with Gasteiger partial charge in [-0.15, -0.1) is 0 Å². The van der Waals surface area contributed by atoms with Crippen molar-refractivity contribution in [1.29, 1.82) is 0 Å². The lowest BCUT2D eigenvalue weighted by atomic mass is 10.2. The summed E-state index contributed by atoms with van der Waals surface area (Å²) in [4.78, 5) is 16.9. The molecule has 0 saturated carbocycles. The lowest BCUT2D eigenvalue weighted by molar-refractivity contribution is 0.0992. The van der Waals surface area contributed by atoms with Gasteiger partial charge >= 0.3 is 0 Å². The molecule has 0 aliphatic carbocycles. The summed E-state index contributed by atoms with van der Waals surface area (Å²) in [5.74, 6) is 0.0117. The van der Waals surface area contributed by atoms with Gasteiger partial charge in [0.15, 0.2) is 5.76 Å². The molecule has 2 aromatic carbocycles. The molecule has 1 N–H and O–H groups in total. The molecule has 146 valence electrons. The molecule has 0 atom stereocenters. The van der Waals surface area contributed by atoms with Gasteiger partial charge in [-0.05, 0) is 48.5 Å². The van der Waals surface area contributed by atoms with Crippen molar-refractivity contribution in [2.24, 2.45) is 0 Å². The summed E-state index contributed by atoms with van der Waals surface area (Å²) >= 11 is 9.41. The quantitative estimate of drug-likeness (QED) is 0.372. The zero-order valence-electron chi connectivity index (χ0n) is 14.8. The fourth-order valence-corrected chi connectivity index (χ4v) is 3.42. The van der Waals surface area contributed by atoms with Gasteiger partial charge < -0.3 is 14.5 Å². The van der Waals surface area contributed by atoms with Gasteiger partial charge in [-0.2, -0.15) is 0 Å². The van der Waals surface area contributed by atoms with Gasteiger partial charge in [0.1, 0.15) is 23.9 Å². The predicted octanol–water partition coefficient (Wildman–Crippen LogP) is 6.21. The van der Waals surface area contributed by atoms with E-state index >= 15 is 0 Å². The monoisotopic (exact) mass is 474 g/mol. The zero-order chi connectivity index (χ0) is 20.4. The van der Waals surface area contributed by atoms with Crippen molar-refractivity contribution in [2.45, 2.75) is 6.61 Å². The maximum Gasteiger partial charge on any atom is 0.291 e. The highest BCUT2D eigenvalue weighted by Gasteiger charge is 2.15. The summed E-state index contributed by atoms with van der Waals surface area (Å²) in [6.45, 7) is 0.0431. The number of benzene rings is 2. The standard InChI is InChI=1S/C21H13BrClFN2O3/c22-15-5-6-17(20-14(15)2-1-9-25-20)26-21(27)19-8-4-13(29-19)11-28-18-7-3-12(24)10-16(18)23/h1-10H,11H2,(H,26,27). The number of aromatic nitrogens is 1. The summed E-state index contributed by atoms with van der Waals surface area (Å²) in [6.07, 6.45) is 1.66. The molecule has 5 nitrogen and oxygen atoms in total. The Bertz CT molecular complexity index is 1210. The van der Waals surface area contributed by atoms with Crippen LogP contribution in [-0.4, -0.2) is 10.9 Å². The first-order valence-corrected chi connectivity index (χ1v) is 9.69. The molecule has 1 amide bonds. The first-order valence-electron chi connectivity index (χ1n) is 8.52. The number of carbonyl (C=O) groups excluding carboxylic acids is 1. The second kappa shape index (κ2) is 8.23. The van der Waals surface area contributed by atoms with Gasteiger partial charge in [-0.25, -0.2) is 4.39 Å². The fourth-order valence-electron chi connectivity index (χ4n) is 2.74. The molecule has 2 heterocycles. The van der Waals surface area contributed by atoms with Crippen LogP contribution in [0.25, 0.3) is 10.9 Å². The average molecular weight is 476 g/mol. The Balaban J connectivity index is 1.47. The van der Waals surface area contributed by atoms with Crippen LogP contribution in [0.2, 0.25) is 5.02 Å². The molecule has 0 aliphatic rings. The molecule has 29 heavy (non-hydrogen) atoms. The number of fused-ring (bicyclic) bond motifs is 1. The third kappa shape index (κ3) is 4.26. The SMILES string of the molecule is O=C(Nc1ccc(Br)c2cccnc12)c1ccc(COc2ccc(F)cc2Cl)o1. The van der Waals surface area contributed by atoms with Gasteiger partial charge in [0, 0.05) is 16.1 Å². The number of halogens is 3. The van der Waals surface area contributed by atoms with Gasteiger partial charge in [0.05, 0.1) is 16.2 Å². The highest BCUT2D eigenvalue weighted by atomic mass is 79.9. The van der Waals surface area contributed by atoms with Gasteiger partial charge in [-0.3, -0.25) is 9.78 Å². The maximum atomic E-state index is 13.1. The van der Waals surface area contributed by atoms with E-state index in [2.05, 4.69) is 26.2 Å². The van der Waals surface area contributed by atoms with Crippen molar-refractivity contribution in [2.75, 3.05) is 5.32 Å². The average Bonchev–Trinajstić information content (AvgIpc) is 3.19. The highest BCUT2D eigenvalue weighted by Crippen LogP contribution is 2.29. The molecule has 0 unspecified atom stereocenters. The Morgan fingerprint density at radius 3 is 2.90 bits per heavy atom. The van der Waals surface area contributed by atoms with E-state index in [4.69, 9.17) is 20.8 Å². The van der Waals surface area contributed by atoms with Gasteiger partial charge in [0.2, 0.25) is 0 Å². The van der Waals surface area contributed by atoms with Crippen LogP contribution in [0.5, 0.6) is 5.75 Å². The lowest BCUT2D eigenvalue weighted by Crippen LogP contribution is -2.11. The van der Waals surface area contributed by atoms with Crippen molar-refractivity contribution in [3.8, 4) is 5.75 Å². The maximum absolute atomic E-state index is 13.1. The number of carbonyl (C=O) groups is 1. The number of hydrogen-bond acceptors (Lipinski definition) is 4. The van der Waals surface area contributed by atoms with Crippen molar-refractivity contribution < 1.29 is 18.3 Å². The molecule has 0 aliphatic heterocycles. The summed E-state index contributed by atoms with van der Waals surface area (Å²) in [7, 11) is 0. The van der Waals surface area contributed by atoms with Crippen LogP contribution in [-0.2, 0) is 6.61 Å². The van der Waals surface area contributed by atoms with Crippen LogP contribution in [0.3, 0.4) is 0 Å². The van der Waals surface area contributed by atoms with E-state index in [-0.39, 0.29) is 17.4 Å². The third-order valence-electron chi connectivity index (χ3n) is 4.11. The van der Waals surface area contributed by atoms with Crippen molar-refractivity contribution in [1.82, 2.24) is 4.98 Å². The number of nitrogens with zero attached hydrogens (tertiary/aromatic N) is 1. The molecule has 8 heteroatoms. The van der Waals surface area contributed by atoms with Crippen LogP contribution in [0, 0.1) is 5.82 Å². The minimum Gasteiger partial charge on any atom is -0.484 e. The molecular formula is C21H13BrClFN2O3. The van der Waals surface area contributed by atoms with Crippen molar-refractivity contribution in [3.05, 3.63) is 87.6 Å². The molecular weight excluding hydrogens is 463 g/mol. The number of amides is 1. The Morgan fingerprint density at radius 2 is 2.07 bits per heavy atom. The molecule has 0 bridgehead atoms. The topological polar surface area (TPSA) is 64.4 Å². The molecule has 0 fully saturated rings. The van der Waals surface area contributed by atoms with Crippen LogP contribution < -0.4 is 10.1 Å². The number of rotatable bonds is 5. The second-order valence-corrected chi connectivity index (χ2v) is 7.34. The fraction of sp³-hybridized carbons (Fsp3) is 0.0476. The first kappa shape index (κ1) is 19.4. The Morgan fingerprint density at radius 1 is 1.21 bits per heavy atom. The molecule has 0 radical (unpaired) electrons. The first-order chi connectivity index (χ1) is 14.0. The van der Waals surface area contributed by atoms with Crippen LogP contribution in [0.4, 0.5) is 10.1 Å². The molecule has 4 aromatic rings.